The largest absolute Gasteiger partial charge is 1.00 e. The van der Waals surface area contributed by atoms with Gasteiger partial charge in [0.05, 0.1) is 48.5 Å². The quantitative estimate of drug-likeness (QED) is 0.270. The maximum Gasteiger partial charge on any atom is 1.00 e. The van der Waals surface area contributed by atoms with Gasteiger partial charge in [-0.25, -0.2) is 0 Å². The molecule has 184 valence electrons. The maximum absolute atomic E-state index is 11.6. The van der Waals surface area contributed by atoms with E-state index in [1.807, 2.05) is 60.7 Å². The molecule has 2 aliphatic heterocycles. The predicted octanol–water partition coefficient (Wildman–Crippen LogP) is -7.37. The molecule has 2 saturated heterocycles. The van der Waals surface area contributed by atoms with Crippen molar-refractivity contribution in [1.82, 2.24) is 10.9 Å². The molecule has 4 N–H and O–H groups in total. The average Bonchev–Trinajstić information content (AvgIpc) is 3.31. The number of nitrogens with zero attached hydrogens (tertiary/aromatic N) is 2. The van der Waals surface area contributed by atoms with Gasteiger partial charge in [0.2, 0.25) is 11.8 Å². The van der Waals surface area contributed by atoms with Crippen molar-refractivity contribution in [2.45, 2.75) is 13.8 Å². The predicted molar refractivity (Wildman–Crippen MR) is 120 cm³/mol. The fourth-order valence-electron chi connectivity index (χ4n) is 3.21. The molecule has 2 aliphatic rings. The van der Waals surface area contributed by atoms with Crippen molar-refractivity contribution >= 4 is 29.3 Å². The normalized spacial score (nSPS) is 21.9. The van der Waals surface area contributed by atoms with Crippen molar-refractivity contribution in [3.05, 3.63) is 60.7 Å². The molecular formula is C23H28K2N4O7. The number of aliphatic hydroxyl groups is 2. The smallest absolute Gasteiger partial charge is 0.652 e. The fraction of sp³-hybridized carbons (Fsp3) is 0.348. The Morgan fingerprint density at radius 2 is 1.06 bits per heavy atom. The van der Waals surface area contributed by atoms with Gasteiger partial charge >= 0.3 is 103 Å². The van der Waals surface area contributed by atoms with Gasteiger partial charge in [0.15, 0.2) is 0 Å². The zero-order valence-corrected chi connectivity index (χ0v) is 27.2. The number of rotatable bonds is 4. The topological polar surface area (TPSA) is 168 Å². The van der Waals surface area contributed by atoms with Gasteiger partial charge < -0.3 is 25.2 Å². The van der Waals surface area contributed by atoms with Gasteiger partial charge in [-0.05, 0) is 44.3 Å². The van der Waals surface area contributed by atoms with Crippen LogP contribution in [0, 0.1) is 10.8 Å². The number of carbonyl (C=O) groups is 3. The number of hydrazine groups is 2. The summed E-state index contributed by atoms with van der Waals surface area (Å²) >= 11 is 0. The molecule has 2 unspecified atom stereocenters. The molecule has 11 nitrogen and oxygen atoms in total. The van der Waals surface area contributed by atoms with E-state index in [1.54, 1.807) is 23.9 Å². The van der Waals surface area contributed by atoms with E-state index in [0.29, 0.717) is 13.1 Å². The summed E-state index contributed by atoms with van der Waals surface area (Å²) in [5.74, 6) is -0.261. The molecule has 0 radical (unpaired) electrons. The molecule has 0 aliphatic carbocycles. The van der Waals surface area contributed by atoms with Crippen LogP contribution >= 0.6 is 0 Å². The van der Waals surface area contributed by atoms with Crippen molar-refractivity contribution in [3.8, 4) is 0 Å². The van der Waals surface area contributed by atoms with Crippen LogP contribution in [0.2, 0.25) is 0 Å². The van der Waals surface area contributed by atoms with Gasteiger partial charge in [-0.3, -0.25) is 30.5 Å². The molecule has 2 atom stereocenters. The van der Waals surface area contributed by atoms with Crippen LogP contribution in [0.25, 0.3) is 0 Å². The molecule has 4 rings (SSSR count). The number of aliphatic hydroxyl groups excluding tert-OH is 2. The maximum atomic E-state index is 11.6. The molecule has 2 fully saturated rings. The van der Waals surface area contributed by atoms with Crippen LogP contribution < -0.4 is 134 Å². The molecular weight excluding hydrogens is 522 g/mol. The van der Waals surface area contributed by atoms with Gasteiger partial charge in [0, 0.05) is 0 Å². The zero-order chi connectivity index (χ0) is 25.4. The van der Waals surface area contributed by atoms with E-state index in [9.17, 15) is 19.8 Å². The zero-order valence-electron chi connectivity index (χ0n) is 20.9. The molecule has 0 aromatic heterocycles. The molecule has 2 aromatic rings. The van der Waals surface area contributed by atoms with Crippen molar-refractivity contribution in [3.63, 3.8) is 0 Å². The minimum Gasteiger partial charge on any atom is -0.652 e. The van der Waals surface area contributed by atoms with Crippen LogP contribution in [0.4, 0.5) is 16.2 Å². The first-order chi connectivity index (χ1) is 16.0. The van der Waals surface area contributed by atoms with E-state index in [2.05, 4.69) is 10.9 Å². The van der Waals surface area contributed by atoms with Crippen LogP contribution in [0.3, 0.4) is 0 Å². The number of hydrogen-bond acceptors (Lipinski definition) is 9. The molecule has 0 bridgehead atoms. The summed E-state index contributed by atoms with van der Waals surface area (Å²) in [6.45, 7) is 4.22. The summed E-state index contributed by atoms with van der Waals surface area (Å²) in [7, 11) is 0. The Kier molecular flexibility index (Phi) is 16.2. The number of amides is 2. The van der Waals surface area contributed by atoms with Crippen LogP contribution in [0.5, 0.6) is 0 Å². The summed E-state index contributed by atoms with van der Waals surface area (Å²) in [5.41, 5.74) is 5.96. The second kappa shape index (κ2) is 16.4. The molecule has 0 saturated carbocycles. The monoisotopic (exact) mass is 550 g/mol. The first-order valence-electron chi connectivity index (χ1n) is 10.4. The Hall–Kier alpha value is -0.557. The fourth-order valence-corrected chi connectivity index (χ4v) is 3.21. The molecule has 2 aromatic carbocycles. The van der Waals surface area contributed by atoms with Gasteiger partial charge in [0.1, 0.15) is 0 Å². The molecule has 13 heteroatoms. The molecule has 36 heavy (non-hydrogen) atoms. The van der Waals surface area contributed by atoms with Gasteiger partial charge in [-0.2, -0.15) is 0 Å². The van der Waals surface area contributed by atoms with Crippen molar-refractivity contribution in [1.29, 1.82) is 0 Å². The van der Waals surface area contributed by atoms with E-state index in [1.165, 1.54) is 0 Å². The Morgan fingerprint density at radius 3 is 1.28 bits per heavy atom. The summed E-state index contributed by atoms with van der Waals surface area (Å²) < 4.78 is 0. The van der Waals surface area contributed by atoms with Crippen molar-refractivity contribution < 1.29 is 138 Å². The number of carbonyl (C=O) groups excluding carboxylic acids is 3. The number of para-hydroxylation sites is 2. The van der Waals surface area contributed by atoms with Crippen LogP contribution in [-0.4, -0.2) is 54.5 Å². The van der Waals surface area contributed by atoms with Crippen molar-refractivity contribution in [2.24, 2.45) is 10.8 Å². The number of anilines is 2. The number of hydrogen-bond donors (Lipinski definition) is 4. The Balaban J connectivity index is 0.000000566. The van der Waals surface area contributed by atoms with E-state index in [0.717, 1.165) is 11.4 Å². The third-order valence-electron chi connectivity index (χ3n) is 5.42. The van der Waals surface area contributed by atoms with E-state index in [4.69, 9.17) is 15.0 Å². The summed E-state index contributed by atoms with van der Waals surface area (Å²) in [5, 5.41) is 38.5. The number of carboxylic acid groups (broad SMARTS) is 2. The van der Waals surface area contributed by atoms with Gasteiger partial charge in [-0.15, -0.1) is 0 Å². The first-order valence-corrected chi connectivity index (χ1v) is 10.4. The second-order valence-electron chi connectivity index (χ2n) is 8.41. The standard InChI is InChI=1S/2C11H14N2O2.CH2O3.2K/c2*1-11(8-14)7-13(12-10(11)15)9-5-3-2-4-6-9;2-1(3)4;;/h2*2-6,14H,7-8H2,1H3,(H,12,15);(H2,2,3,4);;/q;;;2*+1/p-2. The van der Waals surface area contributed by atoms with Crippen LogP contribution in [0.1, 0.15) is 13.8 Å². The minimum atomic E-state index is -2.33. The van der Waals surface area contributed by atoms with Crippen molar-refractivity contribution in [2.75, 3.05) is 36.3 Å². The van der Waals surface area contributed by atoms with Crippen LogP contribution in [-0.2, 0) is 9.59 Å². The molecule has 2 heterocycles. The molecule has 2 amide bonds. The third kappa shape index (κ3) is 9.96. The van der Waals surface area contributed by atoms with E-state index in [-0.39, 0.29) is 128 Å². The molecule has 0 spiro atoms. The summed E-state index contributed by atoms with van der Waals surface area (Å²) in [4.78, 5) is 31.5. The van der Waals surface area contributed by atoms with Gasteiger partial charge in [-0.1, -0.05) is 36.4 Å². The summed E-state index contributed by atoms with van der Waals surface area (Å²) in [6.07, 6.45) is -2.33. The Bertz CT molecular complexity index is 909. The third-order valence-corrected chi connectivity index (χ3v) is 5.42. The Morgan fingerprint density at radius 1 is 0.778 bits per heavy atom. The van der Waals surface area contributed by atoms with E-state index >= 15 is 0 Å². The Labute approximate surface area is 295 Å². The minimum absolute atomic E-state index is 0. The first kappa shape index (κ1) is 35.4. The van der Waals surface area contributed by atoms with Gasteiger partial charge in [0.25, 0.3) is 0 Å². The SMILES string of the molecule is CC1(CO)CN(c2ccccc2)NC1=O.CC1(CO)CN(c2ccccc2)NC1=O.O=C([O-])[O-].[K+].[K+]. The summed E-state index contributed by atoms with van der Waals surface area (Å²) in [6, 6.07) is 19.2. The number of nitrogens with one attached hydrogen (secondary N) is 2. The number of benzene rings is 2. The second-order valence-corrected chi connectivity index (χ2v) is 8.41. The average molecular weight is 551 g/mol. The van der Waals surface area contributed by atoms with Crippen LogP contribution in [0.15, 0.2) is 60.7 Å². The van der Waals surface area contributed by atoms with E-state index < -0.39 is 17.0 Å².